The predicted octanol–water partition coefficient (Wildman–Crippen LogP) is 2.20. The number of esters is 2. The SMILES string of the molecule is CCOC(=O)C1(C(=O)OCC)C=C1c1ccccc1. The van der Waals surface area contributed by atoms with Gasteiger partial charge in [0, 0.05) is 0 Å². The molecular weight excluding hydrogens is 244 g/mol. The van der Waals surface area contributed by atoms with Crippen molar-refractivity contribution in [2.24, 2.45) is 5.41 Å². The minimum absolute atomic E-state index is 0.232. The van der Waals surface area contributed by atoms with E-state index in [9.17, 15) is 9.59 Å². The van der Waals surface area contributed by atoms with Crippen LogP contribution in [0.4, 0.5) is 0 Å². The van der Waals surface area contributed by atoms with Crippen LogP contribution in [0.5, 0.6) is 0 Å². The summed E-state index contributed by atoms with van der Waals surface area (Å²) in [6.07, 6.45) is 1.61. The maximum Gasteiger partial charge on any atom is 0.332 e. The smallest absolute Gasteiger partial charge is 0.332 e. The monoisotopic (exact) mass is 260 g/mol. The van der Waals surface area contributed by atoms with E-state index in [-0.39, 0.29) is 13.2 Å². The molecular formula is C15H16O4. The van der Waals surface area contributed by atoms with Crippen LogP contribution in [0, 0.1) is 5.41 Å². The number of carbonyl (C=O) groups is 2. The maximum atomic E-state index is 12.1. The van der Waals surface area contributed by atoms with E-state index in [1.54, 1.807) is 19.9 Å². The lowest BCUT2D eigenvalue weighted by molar-refractivity contribution is -0.161. The standard InChI is InChI=1S/C15H16O4/c1-3-18-13(16)15(14(17)19-4-2)10-12(15)11-8-6-5-7-9-11/h5-10H,3-4H2,1-2H3. The van der Waals surface area contributed by atoms with Crippen LogP contribution in [0.2, 0.25) is 0 Å². The fraction of sp³-hybridized carbons (Fsp3) is 0.333. The average Bonchev–Trinajstić information content (AvgIpc) is 3.17. The molecule has 0 atom stereocenters. The zero-order chi connectivity index (χ0) is 13.9. The Bertz CT molecular complexity index is 498. The van der Waals surface area contributed by atoms with Crippen LogP contribution in [0.15, 0.2) is 36.4 Å². The van der Waals surface area contributed by atoms with Crippen molar-refractivity contribution in [3.05, 3.63) is 42.0 Å². The molecule has 0 saturated carbocycles. The van der Waals surface area contributed by atoms with Crippen LogP contribution < -0.4 is 0 Å². The lowest BCUT2D eigenvalue weighted by Crippen LogP contribution is -2.32. The molecule has 0 N–H and O–H groups in total. The normalized spacial score (nSPS) is 15.4. The Labute approximate surface area is 112 Å². The van der Waals surface area contributed by atoms with Gasteiger partial charge in [-0.15, -0.1) is 0 Å². The molecule has 1 aromatic carbocycles. The van der Waals surface area contributed by atoms with E-state index in [1.165, 1.54) is 0 Å². The molecule has 0 bridgehead atoms. The second-order valence-corrected chi connectivity index (χ2v) is 4.17. The van der Waals surface area contributed by atoms with Gasteiger partial charge in [-0.3, -0.25) is 9.59 Å². The maximum absolute atomic E-state index is 12.1. The quantitative estimate of drug-likeness (QED) is 0.601. The van der Waals surface area contributed by atoms with Gasteiger partial charge in [-0.1, -0.05) is 30.3 Å². The molecule has 1 aromatic rings. The van der Waals surface area contributed by atoms with Crippen molar-refractivity contribution < 1.29 is 19.1 Å². The van der Waals surface area contributed by atoms with Gasteiger partial charge < -0.3 is 9.47 Å². The fourth-order valence-electron chi connectivity index (χ4n) is 2.02. The molecule has 0 amide bonds. The van der Waals surface area contributed by atoms with E-state index < -0.39 is 17.4 Å². The fourth-order valence-corrected chi connectivity index (χ4v) is 2.02. The molecule has 0 radical (unpaired) electrons. The van der Waals surface area contributed by atoms with Gasteiger partial charge in [0.1, 0.15) is 0 Å². The number of carbonyl (C=O) groups excluding carboxylic acids is 2. The highest BCUT2D eigenvalue weighted by Crippen LogP contribution is 2.52. The van der Waals surface area contributed by atoms with E-state index in [2.05, 4.69) is 0 Å². The van der Waals surface area contributed by atoms with Gasteiger partial charge in [0.2, 0.25) is 5.41 Å². The molecule has 2 rings (SSSR count). The summed E-state index contributed by atoms with van der Waals surface area (Å²) in [5, 5.41) is 0. The summed E-state index contributed by atoms with van der Waals surface area (Å²) in [7, 11) is 0. The van der Waals surface area contributed by atoms with Gasteiger partial charge in [-0.25, -0.2) is 0 Å². The summed E-state index contributed by atoms with van der Waals surface area (Å²) in [4.78, 5) is 24.1. The second-order valence-electron chi connectivity index (χ2n) is 4.17. The lowest BCUT2D eigenvalue weighted by Gasteiger charge is -2.15. The van der Waals surface area contributed by atoms with E-state index in [1.807, 2.05) is 30.3 Å². The summed E-state index contributed by atoms with van der Waals surface area (Å²) in [5.74, 6) is -1.13. The van der Waals surface area contributed by atoms with Gasteiger partial charge >= 0.3 is 11.9 Å². The topological polar surface area (TPSA) is 52.6 Å². The molecule has 100 valence electrons. The number of rotatable bonds is 5. The van der Waals surface area contributed by atoms with Gasteiger partial charge in [0.05, 0.1) is 13.2 Å². The summed E-state index contributed by atoms with van der Waals surface area (Å²) in [6, 6.07) is 9.30. The molecule has 0 aliphatic heterocycles. The average molecular weight is 260 g/mol. The molecule has 1 aliphatic carbocycles. The molecule has 0 spiro atoms. The minimum atomic E-state index is -1.34. The molecule has 0 aromatic heterocycles. The second kappa shape index (κ2) is 5.26. The van der Waals surface area contributed by atoms with Crippen molar-refractivity contribution in [2.75, 3.05) is 13.2 Å². The van der Waals surface area contributed by atoms with Crippen LogP contribution in [-0.2, 0) is 19.1 Å². The Morgan fingerprint density at radius 3 is 2.00 bits per heavy atom. The first-order valence-corrected chi connectivity index (χ1v) is 6.30. The van der Waals surface area contributed by atoms with E-state index in [0.717, 1.165) is 5.56 Å². The largest absolute Gasteiger partial charge is 0.465 e. The third-order valence-electron chi connectivity index (χ3n) is 2.98. The lowest BCUT2D eigenvalue weighted by atomic mass is 9.96. The Kier molecular flexibility index (Phi) is 3.69. The molecule has 0 fully saturated rings. The summed E-state index contributed by atoms with van der Waals surface area (Å²) in [5.41, 5.74) is 0.154. The van der Waals surface area contributed by atoms with Crippen molar-refractivity contribution in [1.82, 2.24) is 0 Å². The van der Waals surface area contributed by atoms with Crippen molar-refractivity contribution >= 4 is 17.5 Å². The van der Waals surface area contributed by atoms with Gasteiger partial charge in [-0.05, 0) is 31.1 Å². The van der Waals surface area contributed by atoms with Gasteiger partial charge in [0.25, 0.3) is 0 Å². The first-order valence-electron chi connectivity index (χ1n) is 6.30. The molecule has 0 heterocycles. The first kappa shape index (κ1) is 13.3. The summed E-state index contributed by atoms with van der Waals surface area (Å²) < 4.78 is 9.99. The van der Waals surface area contributed by atoms with E-state index in [4.69, 9.17) is 9.47 Å². The Morgan fingerprint density at radius 2 is 1.53 bits per heavy atom. The van der Waals surface area contributed by atoms with Crippen LogP contribution >= 0.6 is 0 Å². The number of hydrogen-bond acceptors (Lipinski definition) is 4. The van der Waals surface area contributed by atoms with Gasteiger partial charge in [-0.2, -0.15) is 0 Å². The zero-order valence-corrected chi connectivity index (χ0v) is 11.0. The molecule has 1 aliphatic rings. The van der Waals surface area contributed by atoms with Crippen molar-refractivity contribution in [3.8, 4) is 0 Å². The highest BCUT2D eigenvalue weighted by Gasteiger charge is 2.60. The molecule has 0 saturated heterocycles. The third-order valence-corrected chi connectivity index (χ3v) is 2.98. The molecule has 4 heteroatoms. The van der Waals surface area contributed by atoms with E-state index in [0.29, 0.717) is 5.57 Å². The van der Waals surface area contributed by atoms with Crippen molar-refractivity contribution in [3.63, 3.8) is 0 Å². The van der Waals surface area contributed by atoms with Crippen LogP contribution in [-0.4, -0.2) is 25.2 Å². The summed E-state index contributed by atoms with van der Waals surface area (Å²) in [6.45, 7) is 3.88. The Morgan fingerprint density at radius 1 is 1.00 bits per heavy atom. The van der Waals surface area contributed by atoms with Gasteiger partial charge in [0.15, 0.2) is 0 Å². The Balaban J connectivity index is 2.26. The minimum Gasteiger partial charge on any atom is -0.465 e. The predicted molar refractivity (Wildman–Crippen MR) is 70.1 cm³/mol. The van der Waals surface area contributed by atoms with Crippen molar-refractivity contribution in [1.29, 1.82) is 0 Å². The number of ether oxygens (including phenoxy) is 2. The third kappa shape index (κ3) is 2.26. The molecule has 19 heavy (non-hydrogen) atoms. The first-order chi connectivity index (χ1) is 9.16. The van der Waals surface area contributed by atoms with Crippen LogP contribution in [0.1, 0.15) is 19.4 Å². The molecule has 0 unspecified atom stereocenters. The van der Waals surface area contributed by atoms with Crippen LogP contribution in [0.3, 0.4) is 0 Å². The number of hydrogen-bond donors (Lipinski definition) is 0. The van der Waals surface area contributed by atoms with Crippen LogP contribution in [0.25, 0.3) is 5.57 Å². The highest BCUT2D eigenvalue weighted by atomic mass is 16.6. The zero-order valence-electron chi connectivity index (χ0n) is 11.0. The number of benzene rings is 1. The Hall–Kier alpha value is -2.10. The van der Waals surface area contributed by atoms with Crippen molar-refractivity contribution in [2.45, 2.75) is 13.8 Å². The van der Waals surface area contributed by atoms with E-state index >= 15 is 0 Å². The summed E-state index contributed by atoms with van der Waals surface area (Å²) >= 11 is 0. The highest BCUT2D eigenvalue weighted by molar-refractivity contribution is 6.22. The molecule has 4 nitrogen and oxygen atoms in total.